The van der Waals surface area contributed by atoms with Crippen LogP contribution in [0.3, 0.4) is 0 Å². The Morgan fingerprint density at radius 3 is 2.78 bits per heavy atom. The van der Waals surface area contributed by atoms with Gasteiger partial charge < -0.3 is 9.73 Å². The first-order valence-corrected chi connectivity index (χ1v) is 7.14. The molecule has 1 amide bonds. The van der Waals surface area contributed by atoms with Crippen LogP contribution in [0.5, 0.6) is 0 Å². The summed E-state index contributed by atoms with van der Waals surface area (Å²) >= 11 is 0. The van der Waals surface area contributed by atoms with Crippen molar-refractivity contribution in [2.45, 2.75) is 19.8 Å². The highest BCUT2D eigenvalue weighted by Crippen LogP contribution is 2.18. The number of nitrogens with zero attached hydrogens (tertiary/aromatic N) is 6. The third-order valence-electron chi connectivity index (χ3n) is 3.23. The van der Waals surface area contributed by atoms with Gasteiger partial charge in [0.05, 0.1) is 5.69 Å². The second kappa shape index (κ2) is 6.03. The van der Waals surface area contributed by atoms with Gasteiger partial charge in [-0.2, -0.15) is 10.2 Å². The predicted octanol–water partition coefficient (Wildman–Crippen LogP) is 1.08. The molecule has 0 saturated heterocycles. The van der Waals surface area contributed by atoms with E-state index in [4.69, 9.17) is 4.42 Å². The average molecular weight is 315 g/mol. The number of hydrogen-bond donors (Lipinski definition) is 1. The van der Waals surface area contributed by atoms with Crippen LogP contribution in [0.25, 0.3) is 11.6 Å². The van der Waals surface area contributed by atoms with Gasteiger partial charge in [-0.1, -0.05) is 0 Å². The summed E-state index contributed by atoms with van der Waals surface area (Å²) in [5.74, 6) is 1.18. The van der Waals surface area contributed by atoms with Gasteiger partial charge in [0.15, 0.2) is 5.82 Å². The van der Waals surface area contributed by atoms with Crippen LogP contribution in [-0.2, 0) is 25.3 Å². The third-order valence-corrected chi connectivity index (χ3v) is 3.23. The van der Waals surface area contributed by atoms with E-state index >= 15 is 0 Å². The molecule has 0 bridgehead atoms. The van der Waals surface area contributed by atoms with E-state index in [0.29, 0.717) is 24.0 Å². The minimum atomic E-state index is -0.153. The molecule has 3 aromatic heterocycles. The molecule has 0 aliphatic heterocycles. The lowest BCUT2D eigenvalue weighted by atomic mass is 10.3. The monoisotopic (exact) mass is 315 g/mol. The second-order valence-electron chi connectivity index (χ2n) is 5.22. The number of carbonyl (C=O) groups is 1. The molecule has 0 fully saturated rings. The Kier molecular flexibility index (Phi) is 3.92. The zero-order valence-electron chi connectivity index (χ0n) is 13.1. The van der Waals surface area contributed by atoms with E-state index in [9.17, 15) is 4.79 Å². The average Bonchev–Trinajstić information content (AvgIpc) is 3.18. The lowest BCUT2D eigenvalue weighted by molar-refractivity contribution is -0.116. The highest BCUT2D eigenvalue weighted by atomic mass is 16.4. The molecule has 0 radical (unpaired) electrons. The molecule has 1 N–H and O–H groups in total. The minimum Gasteiger partial charge on any atom is -0.419 e. The fourth-order valence-corrected chi connectivity index (χ4v) is 2.18. The Morgan fingerprint density at radius 2 is 2.13 bits per heavy atom. The summed E-state index contributed by atoms with van der Waals surface area (Å²) in [5.41, 5.74) is 1.62. The van der Waals surface area contributed by atoms with Crippen LogP contribution in [0.4, 0.5) is 5.82 Å². The number of aromatic nitrogens is 6. The van der Waals surface area contributed by atoms with Crippen LogP contribution in [-0.4, -0.2) is 35.7 Å². The molecule has 9 heteroatoms. The van der Waals surface area contributed by atoms with Crippen LogP contribution >= 0.6 is 0 Å². The maximum absolute atomic E-state index is 11.9. The second-order valence-corrected chi connectivity index (χ2v) is 5.22. The Labute approximate surface area is 132 Å². The fraction of sp³-hybridized carbons (Fsp3) is 0.357. The molecule has 3 heterocycles. The van der Waals surface area contributed by atoms with E-state index in [1.165, 1.54) is 0 Å². The zero-order valence-corrected chi connectivity index (χ0v) is 13.1. The summed E-state index contributed by atoms with van der Waals surface area (Å²) < 4.78 is 8.89. The topological polar surface area (TPSA) is 104 Å². The maximum atomic E-state index is 11.9. The van der Waals surface area contributed by atoms with Crippen LogP contribution in [0.2, 0.25) is 0 Å². The van der Waals surface area contributed by atoms with E-state index in [-0.39, 0.29) is 12.3 Å². The first kappa shape index (κ1) is 14.9. The quantitative estimate of drug-likeness (QED) is 0.755. The van der Waals surface area contributed by atoms with E-state index < -0.39 is 0 Å². The number of aryl methyl sites for hydroxylation is 4. The Morgan fingerprint density at radius 1 is 1.30 bits per heavy atom. The lowest BCUT2D eigenvalue weighted by Gasteiger charge is -1.99. The minimum absolute atomic E-state index is 0.153. The molecule has 0 aromatic carbocycles. The van der Waals surface area contributed by atoms with Gasteiger partial charge in [-0.3, -0.25) is 14.2 Å². The van der Waals surface area contributed by atoms with Gasteiger partial charge in [-0.15, -0.1) is 10.2 Å². The molecule has 9 nitrogen and oxygen atoms in total. The molecule has 0 aliphatic rings. The predicted molar refractivity (Wildman–Crippen MR) is 81.4 cm³/mol. The number of hydrogen-bond acceptors (Lipinski definition) is 6. The summed E-state index contributed by atoms with van der Waals surface area (Å²) in [6.07, 6.45) is 2.36. The molecular weight excluding hydrogens is 298 g/mol. The number of anilines is 1. The summed E-state index contributed by atoms with van der Waals surface area (Å²) in [6, 6.07) is 3.60. The lowest BCUT2D eigenvalue weighted by Crippen LogP contribution is -2.13. The summed E-state index contributed by atoms with van der Waals surface area (Å²) in [7, 11) is 3.60. The summed E-state index contributed by atoms with van der Waals surface area (Å²) in [5, 5.41) is 19.0. The Hall–Kier alpha value is -2.97. The number of carbonyl (C=O) groups excluding carboxylic acids is 1. The Bertz CT molecular complexity index is 830. The highest BCUT2D eigenvalue weighted by Gasteiger charge is 2.14. The van der Waals surface area contributed by atoms with E-state index in [0.717, 1.165) is 11.4 Å². The van der Waals surface area contributed by atoms with Gasteiger partial charge in [0.1, 0.15) is 5.69 Å². The largest absolute Gasteiger partial charge is 0.419 e. The van der Waals surface area contributed by atoms with Gasteiger partial charge in [-0.05, 0) is 13.0 Å². The Balaban J connectivity index is 1.59. The molecule has 120 valence electrons. The van der Waals surface area contributed by atoms with Crippen LogP contribution < -0.4 is 5.32 Å². The fourth-order valence-electron chi connectivity index (χ4n) is 2.18. The van der Waals surface area contributed by atoms with Crippen LogP contribution in [0.15, 0.2) is 22.7 Å². The van der Waals surface area contributed by atoms with Gasteiger partial charge in [0.2, 0.25) is 11.8 Å². The van der Waals surface area contributed by atoms with E-state index in [1.54, 1.807) is 28.7 Å². The number of nitrogens with one attached hydrogen (secondary N) is 1. The van der Waals surface area contributed by atoms with Crippen molar-refractivity contribution in [2.75, 3.05) is 5.32 Å². The van der Waals surface area contributed by atoms with Gasteiger partial charge >= 0.3 is 0 Å². The molecule has 3 rings (SSSR count). The molecule has 0 aliphatic carbocycles. The van der Waals surface area contributed by atoms with E-state index in [1.807, 2.05) is 20.0 Å². The standard InChI is InChI=1S/C14H17N7O2/c1-9-8-10(21(3)18-9)14-17-16-13(23-14)5-4-12(22)15-11-6-7-20(2)19-11/h6-8H,4-5H2,1-3H3,(H,15,19,22). The van der Waals surface area contributed by atoms with Gasteiger partial charge in [0.25, 0.3) is 5.89 Å². The first-order valence-electron chi connectivity index (χ1n) is 7.14. The van der Waals surface area contributed by atoms with Crippen molar-refractivity contribution >= 4 is 11.7 Å². The first-order chi connectivity index (χ1) is 11.0. The third kappa shape index (κ3) is 3.44. The van der Waals surface area contributed by atoms with Crippen molar-refractivity contribution in [1.29, 1.82) is 0 Å². The van der Waals surface area contributed by atoms with Crippen molar-refractivity contribution < 1.29 is 9.21 Å². The molecule has 0 unspecified atom stereocenters. The van der Waals surface area contributed by atoms with Crippen molar-refractivity contribution in [3.8, 4) is 11.6 Å². The van der Waals surface area contributed by atoms with Gasteiger partial charge in [-0.25, -0.2) is 0 Å². The zero-order chi connectivity index (χ0) is 16.4. The molecule has 23 heavy (non-hydrogen) atoms. The van der Waals surface area contributed by atoms with Crippen LogP contribution in [0, 0.1) is 6.92 Å². The molecular formula is C14H17N7O2. The van der Waals surface area contributed by atoms with Gasteiger partial charge in [0, 0.05) is 39.2 Å². The molecule has 0 spiro atoms. The highest BCUT2D eigenvalue weighted by molar-refractivity contribution is 5.89. The van der Waals surface area contributed by atoms with Crippen molar-refractivity contribution in [3.63, 3.8) is 0 Å². The SMILES string of the molecule is Cc1cc(-c2nnc(CCC(=O)Nc3ccn(C)n3)o2)n(C)n1. The number of rotatable bonds is 5. The summed E-state index contributed by atoms with van der Waals surface area (Å²) in [4.78, 5) is 11.9. The molecule has 3 aromatic rings. The van der Waals surface area contributed by atoms with E-state index in [2.05, 4.69) is 25.7 Å². The molecule has 0 saturated carbocycles. The van der Waals surface area contributed by atoms with Crippen molar-refractivity contribution in [2.24, 2.45) is 14.1 Å². The maximum Gasteiger partial charge on any atom is 0.265 e. The normalized spacial score (nSPS) is 10.9. The molecule has 0 atom stereocenters. The smallest absolute Gasteiger partial charge is 0.265 e. The van der Waals surface area contributed by atoms with Crippen molar-refractivity contribution in [3.05, 3.63) is 29.9 Å². The summed E-state index contributed by atoms with van der Waals surface area (Å²) in [6.45, 7) is 1.89. The number of amides is 1. The van der Waals surface area contributed by atoms with Crippen LogP contribution in [0.1, 0.15) is 18.0 Å². The van der Waals surface area contributed by atoms with Crippen molar-refractivity contribution in [1.82, 2.24) is 29.8 Å².